The first kappa shape index (κ1) is 13.4. The van der Waals surface area contributed by atoms with E-state index in [2.05, 4.69) is 11.9 Å². The number of rotatable bonds is 6. The first-order valence-corrected chi connectivity index (χ1v) is 6.73. The Morgan fingerprint density at radius 1 is 1.39 bits per heavy atom. The molecule has 1 N–H and O–H groups in total. The zero-order valence-corrected chi connectivity index (χ0v) is 11.8. The van der Waals surface area contributed by atoms with Crippen LogP contribution in [0.3, 0.4) is 0 Å². The van der Waals surface area contributed by atoms with Crippen LogP contribution in [-0.2, 0) is 0 Å². The third-order valence-corrected chi connectivity index (χ3v) is 3.67. The minimum absolute atomic E-state index is 0.556. The van der Waals surface area contributed by atoms with Gasteiger partial charge < -0.3 is 10.1 Å². The van der Waals surface area contributed by atoms with Gasteiger partial charge in [0.15, 0.2) is 0 Å². The van der Waals surface area contributed by atoms with Crippen LogP contribution in [0.1, 0.15) is 24.0 Å². The average molecular weight is 266 g/mol. The summed E-state index contributed by atoms with van der Waals surface area (Å²) < 4.78 is 5.74. The summed E-state index contributed by atoms with van der Waals surface area (Å²) in [7, 11) is 0. The Bertz CT molecular complexity index is 429. The largest absolute Gasteiger partial charge is 0.489 e. The smallest absolute Gasteiger partial charge is 0.120 e. The molecule has 0 radical (unpaired) electrons. The minimum Gasteiger partial charge on any atom is -0.489 e. The highest BCUT2D eigenvalue weighted by Gasteiger charge is 2.20. The molecule has 1 aliphatic carbocycles. The summed E-state index contributed by atoms with van der Waals surface area (Å²) in [5.41, 5.74) is 3.17. The molecule has 0 aliphatic heterocycles. The van der Waals surface area contributed by atoms with E-state index < -0.39 is 0 Å². The molecular formula is C15H20ClNO. The zero-order valence-electron chi connectivity index (χ0n) is 11.1. The van der Waals surface area contributed by atoms with Gasteiger partial charge in [-0.3, -0.25) is 0 Å². The Morgan fingerprint density at radius 2 is 2.00 bits per heavy atom. The first-order chi connectivity index (χ1) is 8.56. The van der Waals surface area contributed by atoms with Gasteiger partial charge in [0.2, 0.25) is 0 Å². The number of hydrogen-bond acceptors (Lipinski definition) is 2. The van der Waals surface area contributed by atoms with Crippen LogP contribution in [0.4, 0.5) is 0 Å². The van der Waals surface area contributed by atoms with Crippen molar-refractivity contribution in [1.82, 2.24) is 5.32 Å². The highest BCUT2D eigenvalue weighted by Crippen LogP contribution is 2.26. The van der Waals surface area contributed by atoms with Crippen molar-refractivity contribution in [2.45, 2.75) is 32.7 Å². The molecule has 3 heteroatoms. The molecule has 98 valence electrons. The van der Waals surface area contributed by atoms with Crippen LogP contribution < -0.4 is 10.1 Å². The lowest BCUT2D eigenvalue weighted by molar-refractivity contribution is 0.348. The highest BCUT2D eigenvalue weighted by molar-refractivity contribution is 6.32. The van der Waals surface area contributed by atoms with Crippen LogP contribution in [0, 0.1) is 13.8 Å². The molecule has 2 nitrogen and oxygen atoms in total. The van der Waals surface area contributed by atoms with Crippen LogP contribution in [0.2, 0.25) is 5.02 Å². The average Bonchev–Trinajstić information content (AvgIpc) is 3.14. The Kier molecular flexibility index (Phi) is 4.31. The second-order valence-electron chi connectivity index (χ2n) is 5.06. The van der Waals surface area contributed by atoms with E-state index in [1.807, 2.05) is 26.0 Å². The van der Waals surface area contributed by atoms with Crippen LogP contribution in [-0.4, -0.2) is 19.2 Å². The van der Waals surface area contributed by atoms with Crippen molar-refractivity contribution in [2.24, 2.45) is 0 Å². The van der Waals surface area contributed by atoms with Gasteiger partial charge in [0.1, 0.15) is 12.4 Å². The maximum atomic E-state index is 6.12. The summed E-state index contributed by atoms with van der Waals surface area (Å²) >= 11 is 6.12. The molecule has 18 heavy (non-hydrogen) atoms. The fraction of sp³-hybridized carbons (Fsp3) is 0.467. The molecule has 1 aliphatic rings. The summed E-state index contributed by atoms with van der Waals surface area (Å²) in [6.45, 7) is 9.40. The molecule has 0 aromatic heterocycles. The molecular weight excluding hydrogens is 246 g/mol. The van der Waals surface area contributed by atoms with Crippen molar-refractivity contribution in [2.75, 3.05) is 13.2 Å². The molecule has 1 aromatic carbocycles. The van der Waals surface area contributed by atoms with Crippen LogP contribution >= 0.6 is 11.6 Å². The Hall–Kier alpha value is -0.990. The van der Waals surface area contributed by atoms with Crippen molar-refractivity contribution in [3.05, 3.63) is 40.4 Å². The molecule has 0 spiro atoms. The van der Waals surface area contributed by atoms with Crippen LogP contribution in [0.5, 0.6) is 5.75 Å². The lowest BCUT2D eigenvalue weighted by Crippen LogP contribution is -2.21. The SMILES string of the molecule is C=C(CNC1CC1)COc1cc(C)c(Cl)c(C)c1. The number of halogens is 1. The predicted molar refractivity (Wildman–Crippen MR) is 76.6 cm³/mol. The standard InChI is InChI=1S/C15H20ClNO/c1-10(8-17-13-4-5-13)9-18-14-6-11(2)15(16)12(3)7-14/h6-7,13,17H,1,4-5,8-9H2,2-3H3. The molecule has 2 rings (SSSR count). The zero-order chi connectivity index (χ0) is 13.1. The Morgan fingerprint density at radius 3 is 2.56 bits per heavy atom. The first-order valence-electron chi connectivity index (χ1n) is 6.36. The summed E-state index contributed by atoms with van der Waals surface area (Å²) in [4.78, 5) is 0. The second-order valence-corrected chi connectivity index (χ2v) is 5.44. The quantitative estimate of drug-likeness (QED) is 0.793. The molecule has 1 saturated carbocycles. The monoisotopic (exact) mass is 265 g/mol. The van der Waals surface area contributed by atoms with Crippen molar-refractivity contribution < 1.29 is 4.74 Å². The lowest BCUT2D eigenvalue weighted by Gasteiger charge is -2.12. The minimum atomic E-state index is 0.556. The lowest BCUT2D eigenvalue weighted by atomic mass is 10.1. The van der Waals surface area contributed by atoms with Gasteiger partial charge in [0, 0.05) is 17.6 Å². The highest BCUT2D eigenvalue weighted by atomic mass is 35.5. The summed E-state index contributed by atoms with van der Waals surface area (Å²) in [5.74, 6) is 0.863. The summed E-state index contributed by atoms with van der Waals surface area (Å²) in [6.07, 6.45) is 2.59. The van der Waals surface area contributed by atoms with Gasteiger partial charge in [-0.05, 0) is 55.5 Å². The number of nitrogens with one attached hydrogen (secondary N) is 1. The van der Waals surface area contributed by atoms with Gasteiger partial charge in [-0.25, -0.2) is 0 Å². The molecule has 1 fully saturated rings. The molecule has 1 aromatic rings. The number of ether oxygens (including phenoxy) is 1. The number of aryl methyl sites for hydroxylation is 2. The number of hydrogen-bond donors (Lipinski definition) is 1. The van der Waals surface area contributed by atoms with Crippen molar-refractivity contribution in [1.29, 1.82) is 0 Å². The van der Waals surface area contributed by atoms with Crippen molar-refractivity contribution in [3.8, 4) is 5.75 Å². The maximum Gasteiger partial charge on any atom is 0.120 e. The Labute approximate surface area is 114 Å². The van der Waals surface area contributed by atoms with Crippen LogP contribution in [0.15, 0.2) is 24.3 Å². The molecule has 0 saturated heterocycles. The second kappa shape index (κ2) is 5.77. The van der Waals surface area contributed by atoms with Crippen LogP contribution in [0.25, 0.3) is 0 Å². The molecule has 0 heterocycles. The molecule has 0 amide bonds. The third-order valence-electron chi connectivity index (χ3n) is 3.07. The van der Waals surface area contributed by atoms with E-state index >= 15 is 0 Å². The van der Waals surface area contributed by atoms with E-state index in [1.54, 1.807) is 0 Å². The number of benzene rings is 1. The maximum absolute atomic E-state index is 6.12. The molecule has 0 unspecified atom stereocenters. The Balaban J connectivity index is 1.83. The fourth-order valence-corrected chi connectivity index (χ4v) is 1.91. The summed E-state index contributed by atoms with van der Waals surface area (Å²) in [6, 6.07) is 4.65. The van der Waals surface area contributed by atoms with Gasteiger partial charge in [-0.2, -0.15) is 0 Å². The predicted octanol–water partition coefficient (Wildman–Crippen LogP) is 3.64. The molecule has 0 atom stereocenters. The van der Waals surface area contributed by atoms with E-state index in [-0.39, 0.29) is 0 Å². The summed E-state index contributed by atoms with van der Waals surface area (Å²) in [5, 5.41) is 4.24. The van der Waals surface area contributed by atoms with Gasteiger partial charge >= 0.3 is 0 Å². The van der Waals surface area contributed by atoms with Crippen molar-refractivity contribution >= 4 is 11.6 Å². The van der Waals surface area contributed by atoms with E-state index in [4.69, 9.17) is 16.3 Å². The van der Waals surface area contributed by atoms with Gasteiger partial charge in [0.05, 0.1) is 0 Å². The van der Waals surface area contributed by atoms with Gasteiger partial charge in [-0.1, -0.05) is 18.2 Å². The van der Waals surface area contributed by atoms with E-state index in [9.17, 15) is 0 Å². The van der Waals surface area contributed by atoms with Crippen molar-refractivity contribution in [3.63, 3.8) is 0 Å². The molecule has 0 bridgehead atoms. The third kappa shape index (κ3) is 3.76. The normalized spacial score (nSPS) is 14.6. The van der Waals surface area contributed by atoms with E-state index in [0.29, 0.717) is 12.6 Å². The topological polar surface area (TPSA) is 21.3 Å². The van der Waals surface area contributed by atoms with E-state index in [1.165, 1.54) is 12.8 Å². The van der Waals surface area contributed by atoms with Gasteiger partial charge in [-0.15, -0.1) is 0 Å². The van der Waals surface area contributed by atoms with Gasteiger partial charge in [0.25, 0.3) is 0 Å². The fourth-order valence-electron chi connectivity index (χ4n) is 1.80. The van der Waals surface area contributed by atoms with E-state index in [0.717, 1.165) is 34.0 Å².